The van der Waals surface area contributed by atoms with Crippen molar-refractivity contribution in [1.82, 2.24) is 24.9 Å². The number of carbonyl (C=O) groups is 1. The molecule has 1 amide bonds. The maximum absolute atomic E-state index is 12.6. The van der Waals surface area contributed by atoms with Crippen LogP contribution in [0.1, 0.15) is 81.0 Å². The molecular formula is C30H42N8O2. The number of hydrogen-bond acceptors (Lipinski definition) is 8. The van der Waals surface area contributed by atoms with Gasteiger partial charge in [-0.1, -0.05) is 56.5 Å². The van der Waals surface area contributed by atoms with E-state index in [4.69, 9.17) is 20.5 Å². The van der Waals surface area contributed by atoms with Crippen LogP contribution in [0.25, 0.3) is 11.2 Å². The highest BCUT2D eigenvalue weighted by atomic mass is 16.5. The number of hydrazine groups is 1. The Morgan fingerprint density at radius 3 is 2.58 bits per heavy atom. The van der Waals surface area contributed by atoms with Crippen molar-refractivity contribution >= 4 is 28.8 Å². The Morgan fingerprint density at radius 2 is 1.88 bits per heavy atom. The first-order chi connectivity index (χ1) is 19.5. The second kappa shape index (κ2) is 11.7. The number of ether oxygens (including phenoxy) is 1. The molecule has 0 unspecified atom stereocenters. The lowest BCUT2D eigenvalue weighted by atomic mass is 9.80. The maximum Gasteiger partial charge on any atom is 0.303 e. The minimum absolute atomic E-state index is 0.0296. The second-order valence-electron chi connectivity index (χ2n) is 12.0. The number of carbonyl (C=O) groups excluding carboxylic acids is 1. The van der Waals surface area contributed by atoms with Gasteiger partial charge in [-0.2, -0.15) is 4.98 Å². The molecule has 1 aromatic carbocycles. The van der Waals surface area contributed by atoms with Gasteiger partial charge in [-0.15, -0.1) is 0 Å². The number of hydrogen-bond donors (Lipinski definition) is 3. The van der Waals surface area contributed by atoms with Gasteiger partial charge in [0.2, 0.25) is 11.8 Å². The maximum atomic E-state index is 12.6. The zero-order valence-corrected chi connectivity index (χ0v) is 23.7. The first kappa shape index (κ1) is 27.0. The van der Waals surface area contributed by atoms with Crippen LogP contribution in [0.4, 0.5) is 11.8 Å². The van der Waals surface area contributed by atoms with E-state index in [0.29, 0.717) is 36.5 Å². The number of anilines is 2. The van der Waals surface area contributed by atoms with Crippen LogP contribution in [0.15, 0.2) is 30.3 Å². The zero-order chi connectivity index (χ0) is 27.6. The van der Waals surface area contributed by atoms with Crippen LogP contribution in [0.3, 0.4) is 0 Å². The fraction of sp³-hybridized carbons (Fsp3) is 0.600. The lowest BCUT2D eigenvalue weighted by Gasteiger charge is -2.37. The highest BCUT2D eigenvalue weighted by Crippen LogP contribution is 2.38. The largest absolute Gasteiger partial charge is 0.377 e. The Bertz CT molecular complexity index is 1320. The topological polar surface area (TPSA) is 123 Å². The van der Waals surface area contributed by atoms with Crippen LogP contribution in [-0.2, 0) is 11.3 Å². The van der Waals surface area contributed by atoms with E-state index in [1.165, 1.54) is 50.5 Å². The molecule has 2 saturated carbocycles. The van der Waals surface area contributed by atoms with Crippen molar-refractivity contribution in [2.45, 2.75) is 77.4 Å². The summed E-state index contributed by atoms with van der Waals surface area (Å²) in [4.78, 5) is 29.5. The summed E-state index contributed by atoms with van der Waals surface area (Å²) >= 11 is 0. The molecule has 2 aromatic heterocycles. The quantitative estimate of drug-likeness (QED) is 0.215. The average molecular weight is 547 g/mol. The standard InChI is InChI=1S/C30H42N8O2/c1-19-11-13-21(14-12-19)17-38-25-26(32-20(2)22-9-6-10-22)33-28(29(39)36-31)34-27(25)35-30(38)37-15-16-40-18-24(37)23-7-4-3-5-8-23/h3-5,7-8,19-22,24H,6,9-18,31H2,1-2H3,(H,36,39)(H,32,33,34)/t19-,20-,21-,24+/m1/s1. The van der Waals surface area contributed by atoms with E-state index >= 15 is 0 Å². The third kappa shape index (κ3) is 5.39. The molecule has 3 heterocycles. The van der Waals surface area contributed by atoms with Gasteiger partial charge in [0.1, 0.15) is 5.52 Å². The Hall–Kier alpha value is -3.24. The van der Waals surface area contributed by atoms with Gasteiger partial charge in [0, 0.05) is 19.1 Å². The number of benzene rings is 1. The Labute approximate surface area is 236 Å². The van der Waals surface area contributed by atoms with Crippen molar-refractivity contribution in [2.75, 3.05) is 30.0 Å². The van der Waals surface area contributed by atoms with E-state index in [2.05, 4.69) is 63.3 Å². The Kier molecular flexibility index (Phi) is 7.89. The molecule has 3 fully saturated rings. The molecule has 1 saturated heterocycles. The molecule has 10 nitrogen and oxygen atoms in total. The van der Waals surface area contributed by atoms with E-state index < -0.39 is 5.91 Å². The smallest absolute Gasteiger partial charge is 0.303 e. The molecule has 0 bridgehead atoms. The summed E-state index contributed by atoms with van der Waals surface area (Å²) in [6, 6.07) is 10.7. The summed E-state index contributed by atoms with van der Waals surface area (Å²) in [5, 5.41) is 3.67. The number of nitrogens with one attached hydrogen (secondary N) is 2. The Balaban J connectivity index is 1.48. The normalized spacial score (nSPS) is 24.5. The lowest BCUT2D eigenvalue weighted by molar-refractivity contribution is 0.0927. The summed E-state index contributed by atoms with van der Waals surface area (Å²) in [7, 11) is 0. The molecule has 2 aliphatic carbocycles. The number of amides is 1. The van der Waals surface area contributed by atoms with Gasteiger partial charge in [-0.25, -0.2) is 15.8 Å². The van der Waals surface area contributed by atoms with Crippen molar-refractivity contribution in [3.05, 3.63) is 41.7 Å². The first-order valence-corrected chi connectivity index (χ1v) is 15.0. The van der Waals surface area contributed by atoms with Crippen molar-refractivity contribution in [1.29, 1.82) is 0 Å². The summed E-state index contributed by atoms with van der Waals surface area (Å²) in [5.74, 6) is 8.45. The third-order valence-corrected chi connectivity index (χ3v) is 9.28. The van der Waals surface area contributed by atoms with E-state index in [-0.39, 0.29) is 17.9 Å². The fourth-order valence-electron chi connectivity index (χ4n) is 6.52. The summed E-state index contributed by atoms with van der Waals surface area (Å²) in [6.45, 7) is 7.34. The van der Waals surface area contributed by atoms with Crippen LogP contribution in [0, 0.1) is 17.8 Å². The number of rotatable bonds is 8. The molecule has 1 aliphatic heterocycles. The molecule has 3 aliphatic rings. The van der Waals surface area contributed by atoms with Gasteiger partial charge >= 0.3 is 5.91 Å². The minimum Gasteiger partial charge on any atom is -0.377 e. The molecular weight excluding hydrogens is 504 g/mol. The number of imidazole rings is 1. The third-order valence-electron chi connectivity index (χ3n) is 9.28. The second-order valence-corrected chi connectivity index (χ2v) is 12.0. The van der Waals surface area contributed by atoms with Crippen molar-refractivity contribution < 1.29 is 9.53 Å². The molecule has 3 aromatic rings. The SMILES string of the molecule is C[C@@H](Nc1nc(C(=O)NN)nc2nc(N3CCOC[C@H]3c3ccccc3)n(C[C@H]3CC[C@H](C)CC3)c12)C1CCC1. The van der Waals surface area contributed by atoms with Gasteiger partial charge in [-0.3, -0.25) is 10.2 Å². The van der Waals surface area contributed by atoms with Gasteiger partial charge in [0.15, 0.2) is 11.5 Å². The molecule has 214 valence electrons. The van der Waals surface area contributed by atoms with Gasteiger partial charge in [0.25, 0.3) is 0 Å². The first-order valence-electron chi connectivity index (χ1n) is 15.0. The highest BCUT2D eigenvalue weighted by molar-refractivity contribution is 5.95. The van der Waals surface area contributed by atoms with Crippen LogP contribution in [0.5, 0.6) is 0 Å². The summed E-state index contributed by atoms with van der Waals surface area (Å²) in [6.07, 6.45) is 8.56. The van der Waals surface area contributed by atoms with Crippen molar-refractivity contribution in [3.63, 3.8) is 0 Å². The minimum atomic E-state index is -0.521. The predicted molar refractivity (Wildman–Crippen MR) is 156 cm³/mol. The van der Waals surface area contributed by atoms with Gasteiger partial charge in [0.05, 0.1) is 19.3 Å². The number of nitrogens with zero attached hydrogens (tertiary/aromatic N) is 5. The zero-order valence-electron chi connectivity index (χ0n) is 23.7. The van der Waals surface area contributed by atoms with E-state index in [0.717, 1.165) is 30.5 Å². The molecule has 40 heavy (non-hydrogen) atoms. The molecule has 6 rings (SSSR count). The summed E-state index contributed by atoms with van der Waals surface area (Å²) in [5.41, 5.74) is 4.78. The molecule has 0 radical (unpaired) electrons. The highest BCUT2D eigenvalue weighted by Gasteiger charge is 2.33. The average Bonchev–Trinajstić information content (AvgIpc) is 3.31. The van der Waals surface area contributed by atoms with Crippen molar-refractivity contribution in [2.24, 2.45) is 23.6 Å². The van der Waals surface area contributed by atoms with E-state index in [1.807, 2.05) is 6.07 Å². The van der Waals surface area contributed by atoms with Crippen molar-refractivity contribution in [3.8, 4) is 0 Å². The van der Waals surface area contributed by atoms with Crippen LogP contribution in [-0.4, -0.2) is 51.2 Å². The van der Waals surface area contributed by atoms with Gasteiger partial charge in [-0.05, 0) is 55.9 Å². The molecule has 0 spiro atoms. The fourth-order valence-corrected chi connectivity index (χ4v) is 6.52. The monoisotopic (exact) mass is 546 g/mol. The number of aromatic nitrogens is 4. The number of morpholine rings is 1. The lowest BCUT2D eigenvalue weighted by Crippen LogP contribution is -2.41. The Morgan fingerprint density at radius 1 is 1.10 bits per heavy atom. The number of nitrogens with two attached hydrogens (primary N) is 1. The van der Waals surface area contributed by atoms with Crippen LogP contribution >= 0.6 is 0 Å². The van der Waals surface area contributed by atoms with Crippen LogP contribution < -0.4 is 21.5 Å². The summed E-state index contributed by atoms with van der Waals surface area (Å²) < 4.78 is 8.30. The molecule has 10 heteroatoms. The van der Waals surface area contributed by atoms with Gasteiger partial charge < -0.3 is 19.5 Å². The predicted octanol–water partition coefficient (Wildman–Crippen LogP) is 4.43. The molecule has 2 atom stereocenters. The molecule has 4 N–H and O–H groups in total. The number of fused-ring (bicyclic) bond motifs is 1. The van der Waals surface area contributed by atoms with E-state index in [1.54, 1.807) is 0 Å². The van der Waals surface area contributed by atoms with E-state index in [9.17, 15) is 4.79 Å². The number of nitrogen functional groups attached to an aromatic ring is 1. The van der Waals surface area contributed by atoms with Crippen LogP contribution in [0.2, 0.25) is 0 Å².